The van der Waals surface area contributed by atoms with Gasteiger partial charge in [0, 0.05) is 10.9 Å². The Morgan fingerprint density at radius 1 is 1.04 bits per heavy atom. The quantitative estimate of drug-likeness (QED) is 0.632. The average molecular weight is 346 g/mol. The molecule has 3 nitrogen and oxygen atoms in total. The number of ether oxygens (including phenoxy) is 1. The fraction of sp³-hybridized carbons (Fsp3) is 0.167. The maximum Gasteiger partial charge on any atom is 0.387 e. The summed E-state index contributed by atoms with van der Waals surface area (Å²) < 4.78 is 28.7. The monoisotopic (exact) mass is 346 g/mol. The van der Waals surface area contributed by atoms with E-state index in [1.165, 1.54) is 29.0 Å². The van der Waals surface area contributed by atoms with Gasteiger partial charge in [0.2, 0.25) is 0 Å². The topological polar surface area (TPSA) is 34.2 Å². The standard InChI is InChI=1S/C18H16F2N2OS/c1-12(13-5-3-2-4-6-13)21-18-22-16(11-24-18)14-7-9-15(10-8-14)23-17(19)20/h2-12,17H,1H3,(H,21,22)/t12-/m0/s1. The van der Waals surface area contributed by atoms with Crippen molar-refractivity contribution < 1.29 is 13.5 Å². The molecule has 0 radical (unpaired) electrons. The summed E-state index contributed by atoms with van der Waals surface area (Å²) in [4.78, 5) is 4.56. The van der Waals surface area contributed by atoms with Crippen molar-refractivity contribution in [1.82, 2.24) is 4.98 Å². The van der Waals surface area contributed by atoms with Crippen LogP contribution in [0.2, 0.25) is 0 Å². The number of halogens is 2. The van der Waals surface area contributed by atoms with Crippen LogP contribution in [0, 0.1) is 0 Å². The van der Waals surface area contributed by atoms with Gasteiger partial charge >= 0.3 is 6.61 Å². The van der Waals surface area contributed by atoms with Crippen LogP contribution in [0.4, 0.5) is 13.9 Å². The van der Waals surface area contributed by atoms with Crippen molar-refractivity contribution in [2.45, 2.75) is 19.6 Å². The van der Waals surface area contributed by atoms with Crippen LogP contribution in [0.25, 0.3) is 11.3 Å². The second-order valence-corrected chi connectivity index (χ2v) is 6.08. The van der Waals surface area contributed by atoms with Crippen molar-refractivity contribution in [2.75, 3.05) is 5.32 Å². The normalized spacial score (nSPS) is 12.2. The summed E-state index contributed by atoms with van der Waals surface area (Å²) in [6.45, 7) is -0.738. The lowest BCUT2D eigenvalue weighted by atomic mass is 10.1. The third-order valence-corrected chi connectivity index (χ3v) is 4.29. The molecule has 0 bridgehead atoms. The third kappa shape index (κ3) is 4.08. The molecule has 0 aliphatic rings. The van der Waals surface area contributed by atoms with E-state index >= 15 is 0 Å². The highest BCUT2D eigenvalue weighted by Crippen LogP contribution is 2.29. The van der Waals surface area contributed by atoms with Crippen LogP contribution >= 0.6 is 11.3 Å². The maximum atomic E-state index is 12.2. The highest BCUT2D eigenvalue weighted by Gasteiger charge is 2.10. The number of aromatic nitrogens is 1. The molecule has 1 aromatic heterocycles. The van der Waals surface area contributed by atoms with Gasteiger partial charge in [-0.25, -0.2) is 4.98 Å². The van der Waals surface area contributed by atoms with Gasteiger partial charge in [-0.05, 0) is 36.8 Å². The van der Waals surface area contributed by atoms with Gasteiger partial charge in [-0.1, -0.05) is 30.3 Å². The zero-order valence-corrected chi connectivity index (χ0v) is 13.8. The summed E-state index contributed by atoms with van der Waals surface area (Å²) in [7, 11) is 0. The highest BCUT2D eigenvalue weighted by molar-refractivity contribution is 7.14. The SMILES string of the molecule is C[C@H](Nc1nc(-c2ccc(OC(F)F)cc2)cs1)c1ccccc1. The summed E-state index contributed by atoms with van der Waals surface area (Å²) >= 11 is 1.51. The summed E-state index contributed by atoms with van der Waals surface area (Å²) in [5, 5.41) is 6.12. The minimum absolute atomic E-state index is 0.139. The first-order valence-electron chi connectivity index (χ1n) is 7.44. The fourth-order valence-electron chi connectivity index (χ4n) is 2.29. The Bertz CT molecular complexity index is 775. The van der Waals surface area contributed by atoms with Crippen molar-refractivity contribution in [3.8, 4) is 17.0 Å². The van der Waals surface area contributed by atoms with Crippen molar-refractivity contribution >= 4 is 16.5 Å². The number of thiazole rings is 1. The van der Waals surface area contributed by atoms with Crippen molar-refractivity contribution in [2.24, 2.45) is 0 Å². The fourth-order valence-corrected chi connectivity index (χ4v) is 3.10. The van der Waals surface area contributed by atoms with Crippen LogP contribution in [-0.4, -0.2) is 11.6 Å². The Kier molecular flexibility index (Phi) is 5.05. The summed E-state index contributed by atoms with van der Waals surface area (Å²) in [6, 6.07) is 16.7. The molecule has 0 aliphatic carbocycles. The molecule has 1 heterocycles. The van der Waals surface area contributed by atoms with Crippen LogP contribution < -0.4 is 10.1 Å². The number of nitrogens with zero attached hydrogens (tertiary/aromatic N) is 1. The van der Waals surface area contributed by atoms with Crippen molar-refractivity contribution in [1.29, 1.82) is 0 Å². The van der Waals surface area contributed by atoms with E-state index in [4.69, 9.17) is 0 Å². The van der Waals surface area contributed by atoms with Crippen LogP contribution in [0.3, 0.4) is 0 Å². The Morgan fingerprint density at radius 2 is 1.75 bits per heavy atom. The average Bonchev–Trinajstić information content (AvgIpc) is 3.04. The minimum atomic E-state index is -2.81. The van der Waals surface area contributed by atoms with Gasteiger partial charge in [-0.2, -0.15) is 8.78 Å². The molecule has 2 aromatic carbocycles. The lowest BCUT2D eigenvalue weighted by molar-refractivity contribution is -0.0498. The van der Waals surface area contributed by atoms with Gasteiger partial charge in [0.15, 0.2) is 5.13 Å². The van der Waals surface area contributed by atoms with Gasteiger partial charge in [0.05, 0.1) is 11.7 Å². The number of benzene rings is 2. The van der Waals surface area contributed by atoms with Crippen LogP contribution in [0.5, 0.6) is 5.75 Å². The largest absolute Gasteiger partial charge is 0.435 e. The van der Waals surface area contributed by atoms with E-state index < -0.39 is 6.61 Å². The molecular weight excluding hydrogens is 330 g/mol. The Labute approximate surface area is 142 Å². The predicted octanol–water partition coefficient (Wildman–Crippen LogP) is 5.58. The molecule has 3 rings (SSSR count). The van der Waals surface area contributed by atoms with E-state index in [0.29, 0.717) is 0 Å². The Hall–Kier alpha value is -2.47. The highest BCUT2D eigenvalue weighted by atomic mass is 32.1. The summed E-state index contributed by atoms with van der Waals surface area (Å²) in [5.41, 5.74) is 2.84. The molecule has 1 atom stereocenters. The Morgan fingerprint density at radius 3 is 2.42 bits per heavy atom. The number of hydrogen-bond acceptors (Lipinski definition) is 4. The number of anilines is 1. The molecule has 6 heteroatoms. The van der Waals surface area contributed by atoms with E-state index in [1.54, 1.807) is 12.1 Å². The first kappa shape index (κ1) is 16.4. The number of alkyl halides is 2. The minimum Gasteiger partial charge on any atom is -0.435 e. The van der Waals surface area contributed by atoms with Crippen molar-refractivity contribution in [3.63, 3.8) is 0 Å². The van der Waals surface area contributed by atoms with Gasteiger partial charge < -0.3 is 10.1 Å². The zero-order chi connectivity index (χ0) is 16.9. The third-order valence-electron chi connectivity index (χ3n) is 3.52. The number of hydrogen-bond donors (Lipinski definition) is 1. The van der Waals surface area contributed by atoms with E-state index in [1.807, 2.05) is 23.6 Å². The van der Waals surface area contributed by atoms with Gasteiger partial charge in [0.1, 0.15) is 5.75 Å². The van der Waals surface area contributed by atoms with Crippen LogP contribution in [0.1, 0.15) is 18.5 Å². The van der Waals surface area contributed by atoms with E-state index in [9.17, 15) is 8.78 Å². The molecule has 0 spiro atoms. The van der Waals surface area contributed by atoms with Gasteiger partial charge in [0.25, 0.3) is 0 Å². The molecule has 3 aromatic rings. The summed E-state index contributed by atoms with van der Waals surface area (Å²) in [5.74, 6) is 0.139. The second-order valence-electron chi connectivity index (χ2n) is 5.22. The summed E-state index contributed by atoms with van der Waals surface area (Å²) in [6.07, 6.45) is 0. The Balaban J connectivity index is 1.69. The lowest BCUT2D eigenvalue weighted by Gasteiger charge is -2.12. The molecule has 0 aliphatic heterocycles. The first-order valence-corrected chi connectivity index (χ1v) is 8.32. The smallest absolute Gasteiger partial charge is 0.387 e. The zero-order valence-electron chi connectivity index (χ0n) is 12.9. The second kappa shape index (κ2) is 7.40. The molecule has 24 heavy (non-hydrogen) atoms. The van der Waals surface area contributed by atoms with E-state index in [0.717, 1.165) is 16.4 Å². The van der Waals surface area contributed by atoms with Crippen LogP contribution in [-0.2, 0) is 0 Å². The molecule has 0 fully saturated rings. The lowest BCUT2D eigenvalue weighted by Crippen LogP contribution is -2.05. The van der Waals surface area contributed by atoms with Crippen molar-refractivity contribution in [3.05, 3.63) is 65.5 Å². The molecule has 0 amide bonds. The molecule has 124 valence electrons. The van der Waals surface area contributed by atoms with Gasteiger partial charge in [-0.15, -0.1) is 11.3 Å². The molecule has 0 unspecified atom stereocenters. The van der Waals surface area contributed by atoms with E-state index in [2.05, 4.69) is 34.1 Å². The molecule has 0 saturated carbocycles. The van der Waals surface area contributed by atoms with E-state index in [-0.39, 0.29) is 11.8 Å². The predicted molar refractivity (Wildman–Crippen MR) is 92.7 cm³/mol. The maximum absolute atomic E-state index is 12.2. The number of nitrogens with one attached hydrogen (secondary N) is 1. The number of rotatable bonds is 6. The van der Waals surface area contributed by atoms with Gasteiger partial charge in [-0.3, -0.25) is 0 Å². The molecule has 1 N–H and O–H groups in total. The first-order chi connectivity index (χ1) is 11.6. The molecule has 0 saturated heterocycles. The molecular formula is C18H16F2N2OS. The van der Waals surface area contributed by atoms with Crippen LogP contribution in [0.15, 0.2) is 60.0 Å².